The number of rotatable bonds is 15. The second-order valence-electron chi connectivity index (χ2n) is 8.85. The van der Waals surface area contributed by atoms with Crippen LogP contribution in [0.3, 0.4) is 0 Å². The average molecular weight is 552 g/mol. The summed E-state index contributed by atoms with van der Waals surface area (Å²) in [7, 11) is -1.98. The van der Waals surface area contributed by atoms with Crippen molar-refractivity contribution in [1.82, 2.24) is 10.2 Å². The fourth-order valence-corrected chi connectivity index (χ4v) is 5.06. The molecule has 0 saturated heterocycles. The van der Waals surface area contributed by atoms with E-state index in [2.05, 4.69) is 5.32 Å². The Labute approximate surface area is 226 Å². The maximum atomic E-state index is 13.5. The molecule has 2 aromatic carbocycles. The highest BCUT2D eigenvalue weighted by molar-refractivity contribution is 7.92. The Hall–Kier alpha value is -2.78. The largest absolute Gasteiger partial charge is 0.497 e. The molecular weight excluding hydrogens is 514 g/mol. The zero-order chi connectivity index (χ0) is 27.4. The number of anilines is 1. The lowest BCUT2D eigenvalue weighted by atomic mass is 10.1. The molecule has 37 heavy (non-hydrogen) atoms. The first kappa shape index (κ1) is 30.4. The number of carbonyl (C=O) groups is 2. The van der Waals surface area contributed by atoms with Crippen molar-refractivity contribution >= 4 is 39.1 Å². The molecule has 0 heterocycles. The van der Waals surface area contributed by atoms with E-state index in [9.17, 15) is 18.0 Å². The summed E-state index contributed by atoms with van der Waals surface area (Å²) >= 11 is 5.95. The molecule has 1 N–H and O–H groups in total. The van der Waals surface area contributed by atoms with Crippen LogP contribution in [0.15, 0.2) is 48.5 Å². The monoisotopic (exact) mass is 551 g/mol. The van der Waals surface area contributed by atoms with Gasteiger partial charge in [-0.2, -0.15) is 0 Å². The standard InChI is InChI=1S/C27H38ClN3O5S/c1-5-7-18-29-27(33)25(6-2)30(20-21-10-16-24(36-3)17-11-21)26(32)9-8-19-31(37(4,34)35)23-14-12-22(28)13-15-23/h10-17,25H,5-9,18-20H2,1-4H3,(H,29,33)/t25-/m1/s1. The van der Waals surface area contributed by atoms with Crippen LogP contribution in [0.5, 0.6) is 5.75 Å². The predicted molar refractivity (Wildman–Crippen MR) is 148 cm³/mol. The fourth-order valence-electron chi connectivity index (χ4n) is 3.96. The van der Waals surface area contributed by atoms with E-state index in [-0.39, 0.29) is 31.3 Å². The van der Waals surface area contributed by atoms with Gasteiger partial charge >= 0.3 is 0 Å². The minimum atomic E-state index is -3.56. The van der Waals surface area contributed by atoms with E-state index in [1.54, 1.807) is 36.3 Å². The molecule has 0 radical (unpaired) electrons. The van der Waals surface area contributed by atoms with Crippen molar-refractivity contribution in [3.05, 3.63) is 59.1 Å². The molecule has 8 nitrogen and oxygen atoms in total. The molecule has 0 fully saturated rings. The number of methoxy groups -OCH3 is 1. The van der Waals surface area contributed by atoms with Gasteiger partial charge in [-0.15, -0.1) is 0 Å². The van der Waals surface area contributed by atoms with E-state index in [0.29, 0.717) is 35.8 Å². The molecule has 0 aliphatic rings. The van der Waals surface area contributed by atoms with E-state index >= 15 is 0 Å². The highest BCUT2D eigenvalue weighted by Crippen LogP contribution is 2.22. The number of sulfonamides is 1. The molecule has 2 aromatic rings. The number of unbranched alkanes of at least 4 members (excludes halogenated alkanes) is 1. The van der Waals surface area contributed by atoms with Crippen molar-refractivity contribution in [2.75, 3.05) is 30.8 Å². The lowest BCUT2D eigenvalue weighted by Crippen LogP contribution is -2.49. The normalized spacial score (nSPS) is 12.0. The Bertz CT molecular complexity index is 1110. The third-order valence-corrected chi connectivity index (χ3v) is 7.44. The predicted octanol–water partition coefficient (Wildman–Crippen LogP) is 4.62. The van der Waals surface area contributed by atoms with Crippen molar-refractivity contribution in [2.45, 2.75) is 58.5 Å². The summed E-state index contributed by atoms with van der Waals surface area (Å²) in [4.78, 5) is 28.0. The third-order valence-electron chi connectivity index (χ3n) is 5.99. The molecule has 0 saturated carbocycles. The number of hydrogen-bond donors (Lipinski definition) is 1. The second kappa shape index (κ2) is 14.8. The summed E-state index contributed by atoms with van der Waals surface area (Å²) in [6.45, 7) is 4.87. The lowest BCUT2D eigenvalue weighted by Gasteiger charge is -2.31. The van der Waals surface area contributed by atoms with Gasteiger partial charge in [0.05, 0.1) is 19.1 Å². The number of amides is 2. The van der Waals surface area contributed by atoms with E-state index in [1.807, 2.05) is 38.1 Å². The molecule has 204 valence electrons. The minimum Gasteiger partial charge on any atom is -0.497 e. The quantitative estimate of drug-likeness (QED) is 0.326. The molecule has 0 aliphatic heterocycles. The van der Waals surface area contributed by atoms with Gasteiger partial charge in [-0.05, 0) is 61.2 Å². The van der Waals surface area contributed by atoms with E-state index in [1.165, 1.54) is 4.31 Å². The smallest absolute Gasteiger partial charge is 0.242 e. The van der Waals surface area contributed by atoms with Crippen molar-refractivity contribution in [2.24, 2.45) is 0 Å². The molecular formula is C27H38ClN3O5S. The van der Waals surface area contributed by atoms with Gasteiger partial charge in [-0.1, -0.05) is 44.0 Å². The molecule has 0 spiro atoms. The van der Waals surface area contributed by atoms with Crippen LogP contribution in [0.4, 0.5) is 5.69 Å². The van der Waals surface area contributed by atoms with Crippen LogP contribution in [-0.4, -0.2) is 57.6 Å². The summed E-state index contributed by atoms with van der Waals surface area (Å²) in [5.74, 6) is 0.309. The SMILES string of the molecule is CCCCNC(=O)[C@@H](CC)N(Cc1ccc(OC)cc1)C(=O)CCCN(c1ccc(Cl)cc1)S(C)(=O)=O. The van der Waals surface area contributed by atoms with Crippen molar-refractivity contribution < 1.29 is 22.7 Å². The Morgan fingerprint density at radius 1 is 1.03 bits per heavy atom. The van der Waals surface area contributed by atoms with Gasteiger partial charge in [-0.3, -0.25) is 13.9 Å². The van der Waals surface area contributed by atoms with Gasteiger partial charge in [-0.25, -0.2) is 8.42 Å². The molecule has 2 amide bonds. The Kier molecular flexibility index (Phi) is 12.2. The molecule has 0 aromatic heterocycles. The van der Waals surface area contributed by atoms with Crippen molar-refractivity contribution in [1.29, 1.82) is 0 Å². The van der Waals surface area contributed by atoms with E-state index in [4.69, 9.17) is 16.3 Å². The second-order valence-corrected chi connectivity index (χ2v) is 11.2. The van der Waals surface area contributed by atoms with Gasteiger partial charge in [0.15, 0.2) is 0 Å². The summed E-state index contributed by atoms with van der Waals surface area (Å²) in [5.41, 5.74) is 1.35. The molecule has 0 unspecified atom stereocenters. The van der Waals surface area contributed by atoms with Crippen LogP contribution in [-0.2, 0) is 26.2 Å². The number of carbonyl (C=O) groups excluding carboxylic acids is 2. The van der Waals surface area contributed by atoms with Crippen molar-refractivity contribution in [3.8, 4) is 5.75 Å². The van der Waals surface area contributed by atoms with Gasteiger partial charge in [0, 0.05) is 31.1 Å². The number of ether oxygens (including phenoxy) is 1. The first-order valence-corrected chi connectivity index (χ1v) is 14.8. The maximum Gasteiger partial charge on any atom is 0.242 e. The van der Waals surface area contributed by atoms with Gasteiger partial charge < -0.3 is 15.0 Å². The molecule has 10 heteroatoms. The molecule has 1 atom stereocenters. The molecule has 0 bridgehead atoms. The van der Waals surface area contributed by atoms with Gasteiger partial charge in [0.25, 0.3) is 0 Å². The van der Waals surface area contributed by atoms with Crippen LogP contribution in [0.25, 0.3) is 0 Å². The highest BCUT2D eigenvalue weighted by Gasteiger charge is 2.28. The average Bonchev–Trinajstić information content (AvgIpc) is 2.87. The Morgan fingerprint density at radius 3 is 2.22 bits per heavy atom. The fraction of sp³-hybridized carbons (Fsp3) is 0.481. The minimum absolute atomic E-state index is 0.0918. The number of hydrogen-bond acceptors (Lipinski definition) is 5. The van der Waals surface area contributed by atoms with E-state index < -0.39 is 16.1 Å². The number of nitrogens with zero attached hydrogens (tertiary/aromatic N) is 2. The number of benzene rings is 2. The summed E-state index contributed by atoms with van der Waals surface area (Å²) in [5, 5.41) is 3.45. The zero-order valence-corrected chi connectivity index (χ0v) is 23.6. The van der Waals surface area contributed by atoms with Gasteiger partial charge in [0.1, 0.15) is 11.8 Å². The van der Waals surface area contributed by atoms with Crippen LogP contribution < -0.4 is 14.4 Å². The first-order chi connectivity index (χ1) is 17.6. The Balaban J connectivity index is 2.19. The van der Waals surface area contributed by atoms with Crippen LogP contribution in [0.1, 0.15) is 51.5 Å². The molecule has 2 rings (SSSR count). The summed E-state index contributed by atoms with van der Waals surface area (Å²) in [6, 6.07) is 13.3. The topological polar surface area (TPSA) is 96.0 Å². The lowest BCUT2D eigenvalue weighted by molar-refractivity contribution is -0.141. The Morgan fingerprint density at radius 2 is 1.68 bits per heavy atom. The summed E-state index contributed by atoms with van der Waals surface area (Å²) < 4.78 is 31.3. The van der Waals surface area contributed by atoms with Gasteiger partial charge in [0.2, 0.25) is 21.8 Å². The van der Waals surface area contributed by atoms with Crippen LogP contribution in [0.2, 0.25) is 5.02 Å². The molecule has 0 aliphatic carbocycles. The van der Waals surface area contributed by atoms with Crippen molar-refractivity contribution in [3.63, 3.8) is 0 Å². The first-order valence-electron chi connectivity index (χ1n) is 12.5. The number of halogens is 1. The highest BCUT2D eigenvalue weighted by atomic mass is 35.5. The third kappa shape index (κ3) is 9.55. The number of nitrogens with one attached hydrogen (secondary N) is 1. The maximum absolute atomic E-state index is 13.5. The van der Waals surface area contributed by atoms with E-state index in [0.717, 1.165) is 24.7 Å². The van der Waals surface area contributed by atoms with Crippen LogP contribution in [0, 0.1) is 0 Å². The summed E-state index contributed by atoms with van der Waals surface area (Å²) in [6.07, 6.45) is 3.79. The zero-order valence-electron chi connectivity index (χ0n) is 22.1. The van der Waals surface area contributed by atoms with Crippen LogP contribution >= 0.6 is 11.6 Å².